The van der Waals surface area contributed by atoms with E-state index in [0.717, 1.165) is 12.2 Å². The van der Waals surface area contributed by atoms with Crippen LogP contribution in [0.15, 0.2) is 23.7 Å². The molecule has 0 saturated heterocycles. The fraction of sp³-hybridized carbons (Fsp3) is 0.357. The zero-order valence-corrected chi connectivity index (χ0v) is 12.5. The first-order chi connectivity index (χ1) is 8.61. The molecule has 0 aliphatic carbocycles. The molecule has 0 spiro atoms. The predicted molar refractivity (Wildman–Crippen MR) is 79.7 cm³/mol. The van der Waals surface area contributed by atoms with E-state index in [4.69, 9.17) is 11.6 Å². The summed E-state index contributed by atoms with van der Waals surface area (Å²) >= 11 is 7.59. The largest absolute Gasteiger partial charge is 0.369 e. The number of rotatable bonds is 4. The summed E-state index contributed by atoms with van der Waals surface area (Å²) in [7, 11) is 2.11. The molecule has 1 aromatic heterocycles. The first-order valence-corrected chi connectivity index (χ1v) is 7.29. The maximum Gasteiger partial charge on any atom is 0.0798 e. The second-order valence-electron chi connectivity index (χ2n) is 4.46. The third kappa shape index (κ3) is 2.85. The predicted octanol–water partition coefficient (Wildman–Crippen LogP) is 4.14. The molecule has 0 aliphatic heterocycles. The van der Waals surface area contributed by atoms with Crippen molar-refractivity contribution in [2.45, 2.75) is 26.3 Å². The molecule has 2 rings (SSSR count). The minimum absolute atomic E-state index is 0.573. The summed E-state index contributed by atoms with van der Waals surface area (Å²) in [5.41, 5.74) is 6.69. The van der Waals surface area contributed by atoms with E-state index in [0.29, 0.717) is 5.88 Å². The average Bonchev–Trinajstić information content (AvgIpc) is 2.75. The number of hydrogen-bond donors (Lipinski definition) is 0. The van der Waals surface area contributed by atoms with E-state index in [1.807, 2.05) is 5.51 Å². The Bertz CT molecular complexity index is 536. The summed E-state index contributed by atoms with van der Waals surface area (Å²) in [4.78, 5) is 7.84. The Kier molecular flexibility index (Phi) is 4.25. The molecule has 0 aliphatic rings. The maximum atomic E-state index is 5.88. The lowest BCUT2D eigenvalue weighted by Crippen LogP contribution is -2.16. The Morgan fingerprint density at radius 2 is 2.11 bits per heavy atom. The van der Waals surface area contributed by atoms with Crippen LogP contribution in [0.5, 0.6) is 0 Å². The van der Waals surface area contributed by atoms with Gasteiger partial charge in [-0.05, 0) is 37.1 Å². The maximum absolute atomic E-state index is 5.88. The smallest absolute Gasteiger partial charge is 0.0798 e. The van der Waals surface area contributed by atoms with Crippen LogP contribution in [0.3, 0.4) is 0 Å². The molecule has 2 aromatic rings. The Balaban J connectivity index is 2.16. The quantitative estimate of drug-likeness (QED) is 0.783. The highest BCUT2D eigenvalue weighted by Gasteiger charge is 2.08. The van der Waals surface area contributed by atoms with E-state index in [1.54, 1.807) is 11.3 Å². The van der Waals surface area contributed by atoms with E-state index < -0.39 is 0 Å². The third-order valence-corrected chi connectivity index (χ3v) is 4.34. The fourth-order valence-electron chi connectivity index (χ4n) is 1.85. The highest BCUT2D eigenvalue weighted by molar-refractivity contribution is 7.09. The zero-order chi connectivity index (χ0) is 13.1. The lowest BCUT2D eigenvalue weighted by molar-refractivity contribution is 0.924. The number of benzene rings is 1. The highest BCUT2D eigenvalue weighted by atomic mass is 35.5. The summed E-state index contributed by atoms with van der Waals surface area (Å²) in [6, 6.07) is 6.42. The molecule has 0 bridgehead atoms. The van der Waals surface area contributed by atoms with Gasteiger partial charge >= 0.3 is 0 Å². The van der Waals surface area contributed by atoms with Crippen LogP contribution in [-0.4, -0.2) is 12.0 Å². The first kappa shape index (κ1) is 13.4. The normalized spacial score (nSPS) is 10.7. The van der Waals surface area contributed by atoms with Crippen molar-refractivity contribution in [3.8, 4) is 0 Å². The van der Waals surface area contributed by atoms with Crippen molar-refractivity contribution in [3.63, 3.8) is 0 Å². The number of nitrogens with zero attached hydrogens (tertiary/aromatic N) is 2. The number of thiazole rings is 1. The van der Waals surface area contributed by atoms with Gasteiger partial charge in [-0.15, -0.1) is 22.9 Å². The van der Waals surface area contributed by atoms with Gasteiger partial charge in [-0.1, -0.05) is 6.07 Å². The van der Waals surface area contributed by atoms with Crippen molar-refractivity contribution in [3.05, 3.63) is 45.4 Å². The van der Waals surface area contributed by atoms with Gasteiger partial charge in [0.25, 0.3) is 0 Å². The van der Waals surface area contributed by atoms with Crippen molar-refractivity contribution in [1.82, 2.24) is 4.98 Å². The molecular weight excluding hydrogens is 264 g/mol. The van der Waals surface area contributed by atoms with Gasteiger partial charge in [0.1, 0.15) is 0 Å². The Morgan fingerprint density at radius 3 is 2.67 bits per heavy atom. The SMILES string of the molecule is Cc1cc(N(C)Cc2scnc2C)ccc1CCl. The molecule has 0 saturated carbocycles. The third-order valence-electron chi connectivity index (χ3n) is 3.14. The van der Waals surface area contributed by atoms with Gasteiger partial charge in [-0.3, -0.25) is 0 Å². The van der Waals surface area contributed by atoms with Crippen LogP contribution in [0.1, 0.15) is 21.7 Å². The van der Waals surface area contributed by atoms with Crippen molar-refractivity contribution in [1.29, 1.82) is 0 Å². The molecule has 0 N–H and O–H groups in total. The summed E-state index contributed by atoms with van der Waals surface area (Å²) in [5, 5.41) is 0. The Morgan fingerprint density at radius 1 is 1.33 bits per heavy atom. The van der Waals surface area contributed by atoms with Crippen LogP contribution in [0.2, 0.25) is 0 Å². The second-order valence-corrected chi connectivity index (χ2v) is 5.67. The lowest BCUT2D eigenvalue weighted by atomic mass is 10.1. The molecule has 4 heteroatoms. The number of aryl methyl sites for hydroxylation is 2. The summed E-state index contributed by atoms with van der Waals surface area (Å²) < 4.78 is 0. The van der Waals surface area contributed by atoms with Gasteiger partial charge in [-0.25, -0.2) is 4.98 Å². The van der Waals surface area contributed by atoms with E-state index >= 15 is 0 Å². The van der Waals surface area contributed by atoms with Crippen molar-refractivity contribution in [2.75, 3.05) is 11.9 Å². The van der Waals surface area contributed by atoms with Gasteiger partial charge in [-0.2, -0.15) is 0 Å². The van der Waals surface area contributed by atoms with Crippen LogP contribution in [0, 0.1) is 13.8 Å². The number of alkyl halides is 1. The van der Waals surface area contributed by atoms with Gasteiger partial charge in [0, 0.05) is 23.5 Å². The minimum atomic E-state index is 0.573. The average molecular weight is 281 g/mol. The molecule has 2 nitrogen and oxygen atoms in total. The molecule has 0 atom stereocenters. The molecule has 0 amide bonds. The summed E-state index contributed by atoms with van der Waals surface area (Å²) in [6.07, 6.45) is 0. The molecule has 0 radical (unpaired) electrons. The van der Waals surface area contributed by atoms with Crippen LogP contribution < -0.4 is 4.90 Å². The Hall–Kier alpha value is -1.06. The highest BCUT2D eigenvalue weighted by Crippen LogP contribution is 2.22. The molecule has 18 heavy (non-hydrogen) atoms. The Labute approximate surface area is 117 Å². The van der Waals surface area contributed by atoms with E-state index in [-0.39, 0.29) is 0 Å². The van der Waals surface area contributed by atoms with Crippen molar-refractivity contribution < 1.29 is 0 Å². The number of anilines is 1. The number of halogens is 1. The van der Waals surface area contributed by atoms with Crippen molar-refractivity contribution >= 4 is 28.6 Å². The molecule has 0 unspecified atom stereocenters. The van der Waals surface area contributed by atoms with Crippen LogP contribution in [0.4, 0.5) is 5.69 Å². The molecule has 1 aromatic carbocycles. The minimum Gasteiger partial charge on any atom is -0.369 e. The van der Waals surface area contributed by atoms with E-state index in [2.05, 4.69) is 49.0 Å². The molecular formula is C14H17ClN2S. The summed E-state index contributed by atoms with van der Waals surface area (Å²) in [6.45, 7) is 5.06. The molecule has 96 valence electrons. The number of hydrogen-bond acceptors (Lipinski definition) is 3. The van der Waals surface area contributed by atoms with Gasteiger partial charge in [0.2, 0.25) is 0 Å². The van der Waals surface area contributed by atoms with E-state index in [1.165, 1.54) is 21.7 Å². The van der Waals surface area contributed by atoms with Gasteiger partial charge < -0.3 is 4.90 Å². The standard InChI is InChI=1S/C14H17ClN2S/c1-10-6-13(5-4-12(10)7-15)17(3)8-14-11(2)16-9-18-14/h4-6,9H,7-8H2,1-3H3. The van der Waals surface area contributed by atoms with Crippen LogP contribution in [0.25, 0.3) is 0 Å². The number of aromatic nitrogens is 1. The fourth-order valence-corrected chi connectivity index (χ4v) is 2.98. The van der Waals surface area contributed by atoms with Crippen LogP contribution in [-0.2, 0) is 12.4 Å². The lowest BCUT2D eigenvalue weighted by Gasteiger charge is -2.20. The first-order valence-electron chi connectivity index (χ1n) is 5.87. The summed E-state index contributed by atoms with van der Waals surface area (Å²) in [5.74, 6) is 0.573. The zero-order valence-electron chi connectivity index (χ0n) is 10.9. The van der Waals surface area contributed by atoms with Crippen molar-refractivity contribution in [2.24, 2.45) is 0 Å². The molecule has 1 heterocycles. The van der Waals surface area contributed by atoms with Gasteiger partial charge in [0.15, 0.2) is 0 Å². The molecule has 0 fully saturated rings. The van der Waals surface area contributed by atoms with Gasteiger partial charge in [0.05, 0.1) is 17.7 Å². The van der Waals surface area contributed by atoms with Crippen LogP contribution >= 0.6 is 22.9 Å². The monoisotopic (exact) mass is 280 g/mol. The topological polar surface area (TPSA) is 16.1 Å². The van der Waals surface area contributed by atoms with E-state index in [9.17, 15) is 0 Å². The second kappa shape index (κ2) is 5.72.